The van der Waals surface area contributed by atoms with Crippen LogP contribution in [0.25, 0.3) is 0 Å². The molecule has 1 aromatic heterocycles. The number of benzene rings is 1. The fraction of sp³-hybridized carbons (Fsp3) is 0.0769. The van der Waals surface area contributed by atoms with E-state index in [0.29, 0.717) is 21.0 Å². The second-order valence-corrected chi connectivity index (χ2v) is 5.14. The zero-order chi connectivity index (χ0) is 14.7. The molecule has 2 aromatic rings. The molecule has 0 saturated carbocycles. The second-order valence-electron chi connectivity index (χ2n) is 3.88. The Kier molecular flexibility index (Phi) is 4.57. The van der Waals surface area contributed by atoms with E-state index in [1.807, 2.05) is 0 Å². The molecule has 0 aliphatic rings. The van der Waals surface area contributed by atoms with Gasteiger partial charge in [-0.15, -0.1) is 0 Å². The number of nitrogens with one attached hydrogen (secondary N) is 2. The molecule has 1 amide bonds. The van der Waals surface area contributed by atoms with Crippen LogP contribution >= 0.6 is 27.5 Å². The third-order valence-electron chi connectivity index (χ3n) is 2.52. The van der Waals surface area contributed by atoms with Crippen molar-refractivity contribution in [1.29, 1.82) is 0 Å². The van der Waals surface area contributed by atoms with Crippen molar-refractivity contribution in [2.24, 2.45) is 0 Å². The van der Waals surface area contributed by atoms with Crippen LogP contribution in [-0.2, 0) is 0 Å². The molecule has 4 nitrogen and oxygen atoms in total. The number of aromatic nitrogens is 1. The molecule has 20 heavy (non-hydrogen) atoms. The average Bonchev–Trinajstić information content (AvgIpc) is 2.42. The number of carbonyl (C=O) groups is 1. The molecule has 2 rings (SSSR count). The number of nitrogens with zero attached hydrogens (tertiary/aromatic N) is 1. The molecule has 0 atom stereocenters. The van der Waals surface area contributed by atoms with Gasteiger partial charge in [0.2, 0.25) is 0 Å². The first-order valence-corrected chi connectivity index (χ1v) is 6.78. The lowest BCUT2D eigenvalue weighted by atomic mass is 10.2. The number of anilines is 2. The molecule has 0 unspecified atom stereocenters. The summed E-state index contributed by atoms with van der Waals surface area (Å²) >= 11 is 9.19. The lowest BCUT2D eigenvalue weighted by molar-refractivity contribution is 0.102. The minimum atomic E-state index is -0.440. The summed E-state index contributed by atoms with van der Waals surface area (Å²) in [5.41, 5.74) is 0.619. The maximum absolute atomic E-state index is 13.1. The van der Waals surface area contributed by atoms with Gasteiger partial charge >= 0.3 is 0 Å². The summed E-state index contributed by atoms with van der Waals surface area (Å²) in [6.45, 7) is 0. The van der Waals surface area contributed by atoms with Gasteiger partial charge in [-0.3, -0.25) is 4.79 Å². The van der Waals surface area contributed by atoms with Crippen LogP contribution in [0.1, 0.15) is 10.4 Å². The molecular weight excluding hydrogens is 349 g/mol. The van der Waals surface area contributed by atoms with E-state index in [1.54, 1.807) is 7.05 Å². The first-order chi connectivity index (χ1) is 9.51. The molecule has 0 radical (unpaired) electrons. The smallest absolute Gasteiger partial charge is 0.257 e. The number of hydrogen-bond acceptors (Lipinski definition) is 3. The quantitative estimate of drug-likeness (QED) is 0.874. The lowest BCUT2D eigenvalue weighted by Gasteiger charge is -2.09. The van der Waals surface area contributed by atoms with E-state index in [4.69, 9.17) is 11.6 Å². The van der Waals surface area contributed by atoms with E-state index in [1.165, 1.54) is 30.5 Å². The Balaban J connectivity index is 2.24. The van der Waals surface area contributed by atoms with Crippen molar-refractivity contribution in [1.82, 2.24) is 4.98 Å². The van der Waals surface area contributed by atoms with Crippen LogP contribution in [0.3, 0.4) is 0 Å². The lowest BCUT2D eigenvalue weighted by Crippen LogP contribution is -2.13. The Morgan fingerprint density at radius 3 is 2.80 bits per heavy atom. The Hall–Kier alpha value is -1.66. The molecule has 0 saturated heterocycles. The third kappa shape index (κ3) is 3.26. The highest BCUT2D eigenvalue weighted by Gasteiger charge is 2.11. The first-order valence-electron chi connectivity index (χ1n) is 5.61. The second kappa shape index (κ2) is 6.19. The van der Waals surface area contributed by atoms with Crippen molar-refractivity contribution < 1.29 is 9.18 Å². The highest BCUT2D eigenvalue weighted by molar-refractivity contribution is 9.10. The summed E-state index contributed by atoms with van der Waals surface area (Å²) in [7, 11) is 1.68. The molecule has 2 N–H and O–H groups in total. The van der Waals surface area contributed by atoms with E-state index in [0.717, 1.165) is 0 Å². The number of carbonyl (C=O) groups excluding carboxylic acids is 1. The molecule has 7 heteroatoms. The number of hydrogen-bond donors (Lipinski definition) is 2. The highest BCUT2D eigenvalue weighted by Crippen LogP contribution is 2.24. The monoisotopic (exact) mass is 357 g/mol. The summed E-state index contributed by atoms with van der Waals surface area (Å²) in [5, 5.41) is 5.71. The van der Waals surface area contributed by atoms with Gasteiger partial charge < -0.3 is 10.6 Å². The van der Waals surface area contributed by atoms with Crippen LogP contribution < -0.4 is 10.6 Å². The molecular formula is C13H10BrClFN3O. The van der Waals surface area contributed by atoms with Crippen LogP contribution in [0.2, 0.25) is 5.02 Å². The summed E-state index contributed by atoms with van der Waals surface area (Å²) in [4.78, 5) is 16.1. The van der Waals surface area contributed by atoms with Crippen molar-refractivity contribution in [3.8, 4) is 0 Å². The molecule has 0 bridgehead atoms. The van der Waals surface area contributed by atoms with Gasteiger partial charge in [-0.05, 0) is 40.2 Å². The fourth-order valence-electron chi connectivity index (χ4n) is 1.53. The van der Waals surface area contributed by atoms with Crippen LogP contribution in [0.4, 0.5) is 15.9 Å². The first kappa shape index (κ1) is 14.7. The zero-order valence-electron chi connectivity index (χ0n) is 10.4. The van der Waals surface area contributed by atoms with Crippen LogP contribution in [0, 0.1) is 5.82 Å². The topological polar surface area (TPSA) is 54.0 Å². The van der Waals surface area contributed by atoms with Gasteiger partial charge in [0.1, 0.15) is 11.6 Å². The summed E-state index contributed by atoms with van der Waals surface area (Å²) in [5.74, 6) is -0.381. The number of halogens is 3. The average molecular weight is 359 g/mol. The van der Waals surface area contributed by atoms with E-state index in [-0.39, 0.29) is 5.56 Å². The number of rotatable bonds is 3. The Bertz CT molecular complexity index is 666. The summed E-state index contributed by atoms with van der Waals surface area (Å²) in [6.07, 6.45) is 1.39. The van der Waals surface area contributed by atoms with E-state index >= 15 is 0 Å². The summed E-state index contributed by atoms with van der Waals surface area (Å²) < 4.78 is 13.7. The van der Waals surface area contributed by atoms with E-state index < -0.39 is 11.7 Å². The largest absolute Gasteiger partial charge is 0.372 e. The molecule has 0 spiro atoms. The minimum absolute atomic E-state index is 0.283. The Morgan fingerprint density at radius 2 is 2.15 bits per heavy atom. The normalized spacial score (nSPS) is 10.2. The van der Waals surface area contributed by atoms with Gasteiger partial charge in [-0.1, -0.05) is 11.6 Å². The van der Waals surface area contributed by atoms with Gasteiger partial charge in [0.15, 0.2) is 0 Å². The minimum Gasteiger partial charge on any atom is -0.372 e. The maximum Gasteiger partial charge on any atom is 0.257 e. The molecule has 0 fully saturated rings. The molecule has 0 aliphatic carbocycles. The van der Waals surface area contributed by atoms with Crippen molar-refractivity contribution in [3.63, 3.8) is 0 Å². The SMILES string of the molecule is CNc1ncc(C(=O)Nc2cc(F)ccc2Br)cc1Cl. The van der Waals surface area contributed by atoms with Crippen molar-refractivity contribution in [2.75, 3.05) is 17.7 Å². The van der Waals surface area contributed by atoms with Gasteiger partial charge in [-0.25, -0.2) is 9.37 Å². The van der Waals surface area contributed by atoms with Gasteiger partial charge in [0.05, 0.1) is 16.3 Å². The van der Waals surface area contributed by atoms with E-state index in [2.05, 4.69) is 31.5 Å². The zero-order valence-corrected chi connectivity index (χ0v) is 12.7. The van der Waals surface area contributed by atoms with Crippen molar-refractivity contribution >= 4 is 44.9 Å². The Morgan fingerprint density at radius 1 is 1.40 bits per heavy atom. The molecule has 104 valence electrons. The maximum atomic E-state index is 13.1. The van der Waals surface area contributed by atoms with Crippen molar-refractivity contribution in [2.45, 2.75) is 0 Å². The van der Waals surface area contributed by atoms with Crippen LogP contribution in [0.15, 0.2) is 34.9 Å². The molecule has 1 aromatic carbocycles. The number of pyridine rings is 1. The van der Waals surface area contributed by atoms with Crippen LogP contribution in [0.5, 0.6) is 0 Å². The van der Waals surface area contributed by atoms with Gasteiger partial charge in [0, 0.05) is 17.7 Å². The molecule has 1 heterocycles. The molecule has 0 aliphatic heterocycles. The highest BCUT2D eigenvalue weighted by atomic mass is 79.9. The summed E-state index contributed by atoms with van der Waals surface area (Å²) in [6, 6.07) is 5.52. The standard InChI is InChI=1S/C13H10BrClFN3O/c1-17-12-10(15)4-7(6-18-12)13(20)19-11-5-8(16)2-3-9(11)14/h2-6H,1H3,(H,17,18)(H,19,20). The van der Waals surface area contributed by atoms with E-state index in [9.17, 15) is 9.18 Å². The predicted molar refractivity (Wildman–Crippen MR) is 80.8 cm³/mol. The fourth-order valence-corrected chi connectivity index (χ4v) is 2.14. The third-order valence-corrected chi connectivity index (χ3v) is 3.50. The predicted octanol–water partition coefficient (Wildman–Crippen LogP) is 3.93. The van der Waals surface area contributed by atoms with Gasteiger partial charge in [-0.2, -0.15) is 0 Å². The van der Waals surface area contributed by atoms with Crippen molar-refractivity contribution in [3.05, 3.63) is 51.3 Å². The Labute approximate surface area is 128 Å². The van der Waals surface area contributed by atoms with Crippen LogP contribution in [-0.4, -0.2) is 17.9 Å². The van der Waals surface area contributed by atoms with Gasteiger partial charge in [0.25, 0.3) is 5.91 Å². The number of amides is 1.